The SMILES string of the molecule is COCCOCC[C@H](C)[C@@]1(CC(=O)O)C[C@H](c2cccc(Cl)c2)[C@@H](c2ccc(Cl)cc2)NC1=O. The maximum atomic E-state index is 13.6. The normalized spacial score (nSPS) is 23.4. The van der Waals surface area contributed by atoms with Gasteiger partial charge < -0.3 is 19.9 Å². The number of carboxylic acid groups (broad SMARTS) is 1. The lowest BCUT2D eigenvalue weighted by molar-refractivity contribution is -0.152. The van der Waals surface area contributed by atoms with Gasteiger partial charge in [-0.2, -0.15) is 0 Å². The Morgan fingerprint density at radius 3 is 2.50 bits per heavy atom. The molecule has 8 heteroatoms. The van der Waals surface area contributed by atoms with Crippen molar-refractivity contribution in [2.75, 3.05) is 26.9 Å². The Morgan fingerprint density at radius 2 is 1.85 bits per heavy atom. The number of hydrogen-bond donors (Lipinski definition) is 2. The van der Waals surface area contributed by atoms with Crippen LogP contribution < -0.4 is 5.32 Å². The van der Waals surface area contributed by atoms with Crippen molar-refractivity contribution in [3.05, 3.63) is 69.7 Å². The predicted octanol–water partition coefficient (Wildman–Crippen LogP) is 5.49. The molecule has 2 aromatic rings. The molecule has 2 N–H and O–H groups in total. The second-order valence-corrected chi connectivity index (χ2v) is 9.76. The van der Waals surface area contributed by atoms with Crippen molar-refractivity contribution < 1.29 is 24.2 Å². The third-order valence-corrected chi connectivity index (χ3v) is 7.26. The van der Waals surface area contributed by atoms with Crippen LogP contribution in [0.15, 0.2) is 48.5 Å². The number of carbonyl (C=O) groups is 2. The topological polar surface area (TPSA) is 84.9 Å². The van der Waals surface area contributed by atoms with Crippen molar-refractivity contribution in [2.45, 2.75) is 38.1 Å². The average molecular weight is 508 g/mol. The van der Waals surface area contributed by atoms with Crippen molar-refractivity contribution in [3.8, 4) is 0 Å². The minimum Gasteiger partial charge on any atom is -0.481 e. The minimum atomic E-state index is -1.09. The van der Waals surface area contributed by atoms with Crippen LogP contribution in [0.1, 0.15) is 49.3 Å². The van der Waals surface area contributed by atoms with E-state index < -0.39 is 11.4 Å². The molecule has 3 rings (SSSR count). The smallest absolute Gasteiger partial charge is 0.304 e. The van der Waals surface area contributed by atoms with E-state index in [4.69, 9.17) is 32.7 Å². The van der Waals surface area contributed by atoms with Crippen LogP contribution in [0.3, 0.4) is 0 Å². The van der Waals surface area contributed by atoms with Gasteiger partial charge in [0.25, 0.3) is 0 Å². The van der Waals surface area contributed by atoms with Gasteiger partial charge in [-0.05, 0) is 54.2 Å². The fourth-order valence-corrected chi connectivity index (χ4v) is 5.15. The van der Waals surface area contributed by atoms with Crippen LogP contribution in [0.5, 0.6) is 0 Å². The maximum absolute atomic E-state index is 13.6. The van der Waals surface area contributed by atoms with Crippen molar-refractivity contribution in [2.24, 2.45) is 11.3 Å². The first-order valence-corrected chi connectivity index (χ1v) is 12.1. The van der Waals surface area contributed by atoms with Crippen LogP contribution in [0.4, 0.5) is 0 Å². The van der Waals surface area contributed by atoms with Gasteiger partial charge in [-0.25, -0.2) is 0 Å². The molecule has 2 aromatic carbocycles. The lowest BCUT2D eigenvalue weighted by Crippen LogP contribution is -2.54. The number of rotatable bonds is 11. The molecule has 1 aliphatic rings. The third kappa shape index (κ3) is 6.30. The second kappa shape index (κ2) is 12.0. The van der Waals surface area contributed by atoms with E-state index in [1.165, 1.54) is 0 Å². The van der Waals surface area contributed by atoms with Crippen molar-refractivity contribution in [1.82, 2.24) is 5.32 Å². The Hall–Kier alpha value is -2.12. The summed E-state index contributed by atoms with van der Waals surface area (Å²) in [5.74, 6) is -1.65. The average Bonchev–Trinajstić information content (AvgIpc) is 2.80. The Balaban J connectivity index is 1.96. The van der Waals surface area contributed by atoms with Crippen LogP contribution >= 0.6 is 23.2 Å². The summed E-state index contributed by atoms with van der Waals surface area (Å²) in [6.07, 6.45) is 0.665. The van der Waals surface area contributed by atoms with E-state index in [1.807, 2.05) is 37.3 Å². The highest BCUT2D eigenvalue weighted by molar-refractivity contribution is 6.30. The number of nitrogens with one attached hydrogen (secondary N) is 1. The number of carbonyl (C=O) groups excluding carboxylic acids is 1. The standard InChI is InChI=1S/C26H31Cl2NO5/c1-17(10-11-34-13-12-33-2)26(16-23(30)31)15-22(19-4-3-5-21(28)14-19)24(29-25(26)32)18-6-8-20(27)9-7-18/h3-9,14,17,22,24H,10-13,15-16H2,1-2H3,(H,29,32)(H,30,31)/t17-,22+,24+,26-/m0/s1. The zero-order valence-corrected chi connectivity index (χ0v) is 20.9. The first kappa shape index (κ1) is 26.5. The fraction of sp³-hybridized carbons (Fsp3) is 0.462. The van der Waals surface area contributed by atoms with E-state index in [9.17, 15) is 14.7 Å². The highest BCUT2D eigenvalue weighted by Gasteiger charge is 2.52. The number of piperidine rings is 1. The number of ether oxygens (including phenoxy) is 2. The molecular weight excluding hydrogens is 477 g/mol. The second-order valence-electron chi connectivity index (χ2n) is 8.89. The molecule has 1 heterocycles. The molecule has 34 heavy (non-hydrogen) atoms. The molecule has 184 valence electrons. The van der Waals surface area contributed by atoms with Gasteiger partial charge in [0.05, 0.1) is 31.1 Å². The Kier molecular flexibility index (Phi) is 9.37. The van der Waals surface area contributed by atoms with E-state index in [2.05, 4.69) is 5.32 Å². The predicted molar refractivity (Wildman–Crippen MR) is 132 cm³/mol. The summed E-state index contributed by atoms with van der Waals surface area (Å²) < 4.78 is 10.6. The molecule has 0 radical (unpaired) electrons. The number of aliphatic carboxylic acids is 1. The zero-order chi connectivity index (χ0) is 24.7. The summed E-state index contributed by atoms with van der Waals surface area (Å²) in [4.78, 5) is 25.6. The highest BCUT2D eigenvalue weighted by atomic mass is 35.5. The van der Waals surface area contributed by atoms with E-state index in [1.54, 1.807) is 25.3 Å². The molecule has 4 atom stereocenters. The summed E-state index contributed by atoms with van der Waals surface area (Å²) in [5.41, 5.74) is 0.764. The summed E-state index contributed by atoms with van der Waals surface area (Å²) in [7, 11) is 1.60. The van der Waals surface area contributed by atoms with Gasteiger partial charge in [0.15, 0.2) is 0 Å². The van der Waals surface area contributed by atoms with Crippen LogP contribution in [0, 0.1) is 11.3 Å². The molecule has 0 aromatic heterocycles. The number of hydrogen-bond acceptors (Lipinski definition) is 4. The highest BCUT2D eigenvalue weighted by Crippen LogP contribution is 2.51. The molecule has 0 bridgehead atoms. The van der Waals surface area contributed by atoms with Gasteiger partial charge >= 0.3 is 5.97 Å². The Morgan fingerprint density at radius 1 is 1.12 bits per heavy atom. The van der Waals surface area contributed by atoms with E-state index >= 15 is 0 Å². The number of amides is 1. The molecule has 1 aliphatic heterocycles. The summed E-state index contributed by atoms with van der Waals surface area (Å²) >= 11 is 12.4. The lowest BCUT2D eigenvalue weighted by Gasteiger charge is -2.47. The van der Waals surface area contributed by atoms with Gasteiger partial charge in [-0.15, -0.1) is 0 Å². The van der Waals surface area contributed by atoms with E-state index in [0.717, 1.165) is 11.1 Å². The van der Waals surface area contributed by atoms with Crippen LogP contribution in [0.2, 0.25) is 10.0 Å². The maximum Gasteiger partial charge on any atom is 0.304 e. The molecule has 0 saturated carbocycles. The van der Waals surface area contributed by atoms with Crippen LogP contribution in [-0.4, -0.2) is 43.9 Å². The Bertz CT molecular complexity index is 983. The van der Waals surface area contributed by atoms with Gasteiger partial charge in [0.1, 0.15) is 0 Å². The lowest BCUT2D eigenvalue weighted by atomic mass is 9.61. The number of halogens is 2. The molecule has 6 nitrogen and oxygen atoms in total. The largest absolute Gasteiger partial charge is 0.481 e. The van der Waals surface area contributed by atoms with Crippen LogP contribution in [-0.2, 0) is 19.1 Å². The monoisotopic (exact) mass is 507 g/mol. The van der Waals surface area contributed by atoms with Gasteiger partial charge in [0.2, 0.25) is 5.91 Å². The molecule has 1 saturated heterocycles. The summed E-state index contributed by atoms with van der Waals surface area (Å²) in [6, 6.07) is 14.6. The van der Waals surface area contributed by atoms with Crippen LogP contribution in [0.25, 0.3) is 0 Å². The summed E-state index contributed by atoms with van der Waals surface area (Å²) in [5, 5.41) is 14.1. The summed E-state index contributed by atoms with van der Waals surface area (Å²) in [6.45, 7) is 3.28. The molecule has 0 unspecified atom stereocenters. The van der Waals surface area contributed by atoms with Gasteiger partial charge in [-0.1, -0.05) is 54.4 Å². The quantitative estimate of drug-likeness (QED) is 0.392. The fourth-order valence-electron chi connectivity index (χ4n) is 4.82. The van der Waals surface area contributed by atoms with Crippen molar-refractivity contribution >= 4 is 35.1 Å². The number of carboxylic acids is 1. The van der Waals surface area contributed by atoms with Gasteiger partial charge in [-0.3, -0.25) is 9.59 Å². The number of benzene rings is 2. The zero-order valence-electron chi connectivity index (χ0n) is 19.4. The van der Waals surface area contributed by atoms with Crippen molar-refractivity contribution in [3.63, 3.8) is 0 Å². The molecule has 1 fully saturated rings. The number of methoxy groups -OCH3 is 1. The Labute approximate surface area is 210 Å². The molecule has 0 spiro atoms. The first-order chi connectivity index (χ1) is 16.3. The van der Waals surface area contributed by atoms with E-state index in [-0.39, 0.29) is 30.2 Å². The molecular formula is C26H31Cl2NO5. The van der Waals surface area contributed by atoms with Crippen molar-refractivity contribution in [1.29, 1.82) is 0 Å². The first-order valence-electron chi connectivity index (χ1n) is 11.4. The molecule has 0 aliphatic carbocycles. The minimum absolute atomic E-state index is 0.172. The third-order valence-electron chi connectivity index (χ3n) is 6.77. The van der Waals surface area contributed by atoms with E-state index in [0.29, 0.717) is 42.7 Å². The van der Waals surface area contributed by atoms with Gasteiger partial charge in [0, 0.05) is 29.7 Å². The molecule has 1 amide bonds.